The molecule has 0 bridgehead atoms. The van der Waals surface area contributed by atoms with Gasteiger partial charge in [-0.25, -0.2) is 9.18 Å². The number of hydrogen-bond donors (Lipinski definition) is 0. The molecule has 0 saturated heterocycles. The van der Waals surface area contributed by atoms with E-state index in [0.717, 1.165) is 5.56 Å². The van der Waals surface area contributed by atoms with Crippen molar-refractivity contribution in [1.82, 2.24) is 14.7 Å². The Hall–Kier alpha value is -3.48. The molecule has 1 aromatic heterocycles. The number of aromatic nitrogens is 2. The van der Waals surface area contributed by atoms with E-state index >= 15 is 0 Å². The van der Waals surface area contributed by atoms with Crippen LogP contribution in [0.2, 0.25) is 0 Å². The molecule has 156 valence electrons. The smallest absolute Gasteiger partial charge is 0.342 e. The lowest BCUT2D eigenvalue weighted by molar-refractivity contribution is -0.133. The van der Waals surface area contributed by atoms with Crippen LogP contribution in [-0.4, -0.2) is 40.2 Å². The number of carbonyl (C=O) groups excluding carboxylic acids is 2. The maximum atomic E-state index is 13.3. The van der Waals surface area contributed by atoms with E-state index in [0.29, 0.717) is 29.1 Å². The third kappa shape index (κ3) is 5.11. The van der Waals surface area contributed by atoms with Gasteiger partial charge < -0.3 is 9.64 Å². The molecular formula is C23H24FN3O3. The fourth-order valence-electron chi connectivity index (χ4n) is 3.21. The van der Waals surface area contributed by atoms with Crippen molar-refractivity contribution in [1.29, 1.82) is 0 Å². The van der Waals surface area contributed by atoms with E-state index in [1.165, 1.54) is 17.0 Å². The van der Waals surface area contributed by atoms with Gasteiger partial charge in [0.2, 0.25) is 0 Å². The van der Waals surface area contributed by atoms with Gasteiger partial charge in [-0.15, -0.1) is 0 Å². The van der Waals surface area contributed by atoms with E-state index < -0.39 is 12.6 Å². The van der Waals surface area contributed by atoms with Gasteiger partial charge in [-0.1, -0.05) is 42.5 Å². The van der Waals surface area contributed by atoms with Crippen molar-refractivity contribution in [2.45, 2.75) is 26.9 Å². The van der Waals surface area contributed by atoms with E-state index in [9.17, 15) is 14.0 Å². The van der Waals surface area contributed by atoms with Crippen LogP contribution in [0.3, 0.4) is 0 Å². The number of carbonyl (C=O) groups is 2. The van der Waals surface area contributed by atoms with Crippen molar-refractivity contribution in [3.63, 3.8) is 0 Å². The Balaban J connectivity index is 1.61. The SMILES string of the molecule is Cc1nn(Cc2ccccc2)c(C)c1C(=O)OCC(=O)N(C)Cc1cccc(F)c1. The van der Waals surface area contributed by atoms with Gasteiger partial charge in [-0.3, -0.25) is 9.48 Å². The average molecular weight is 409 g/mol. The third-order valence-electron chi connectivity index (χ3n) is 4.82. The van der Waals surface area contributed by atoms with Gasteiger partial charge in [0.1, 0.15) is 11.4 Å². The van der Waals surface area contributed by atoms with Crippen LogP contribution in [0.1, 0.15) is 32.9 Å². The molecule has 0 fully saturated rings. The Morgan fingerprint density at radius 2 is 1.77 bits per heavy atom. The van der Waals surface area contributed by atoms with E-state index in [1.54, 1.807) is 37.7 Å². The van der Waals surface area contributed by atoms with Gasteiger partial charge in [0.15, 0.2) is 6.61 Å². The Labute approximate surface area is 174 Å². The van der Waals surface area contributed by atoms with Crippen molar-refractivity contribution >= 4 is 11.9 Å². The first-order chi connectivity index (χ1) is 14.3. The van der Waals surface area contributed by atoms with Crippen LogP contribution in [0.4, 0.5) is 4.39 Å². The summed E-state index contributed by atoms with van der Waals surface area (Å²) in [5.41, 5.74) is 3.32. The molecular weight excluding hydrogens is 385 g/mol. The summed E-state index contributed by atoms with van der Waals surface area (Å²) in [5, 5.41) is 4.44. The molecule has 6 nitrogen and oxygen atoms in total. The molecule has 0 N–H and O–H groups in total. The monoisotopic (exact) mass is 409 g/mol. The summed E-state index contributed by atoms with van der Waals surface area (Å²) in [7, 11) is 1.58. The highest BCUT2D eigenvalue weighted by atomic mass is 19.1. The summed E-state index contributed by atoms with van der Waals surface area (Å²) < 4.78 is 20.3. The normalized spacial score (nSPS) is 10.7. The Morgan fingerprint density at radius 3 is 2.47 bits per heavy atom. The lowest BCUT2D eigenvalue weighted by Gasteiger charge is -2.17. The Bertz CT molecular complexity index is 1050. The fourth-order valence-corrected chi connectivity index (χ4v) is 3.21. The Kier molecular flexibility index (Phi) is 6.61. The van der Waals surface area contributed by atoms with E-state index in [4.69, 9.17) is 4.74 Å². The lowest BCUT2D eigenvalue weighted by Crippen LogP contribution is -2.31. The first kappa shape index (κ1) is 21.2. The number of esters is 1. The molecule has 2 aromatic carbocycles. The molecule has 0 aliphatic rings. The number of benzene rings is 2. The number of halogens is 1. The summed E-state index contributed by atoms with van der Waals surface area (Å²) >= 11 is 0. The van der Waals surface area contributed by atoms with Gasteiger partial charge >= 0.3 is 5.97 Å². The van der Waals surface area contributed by atoms with Crippen LogP contribution in [0, 0.1) is 19.7 Å². The first-order valence-electron chi connectivity index (χ1n) is 9.58. The van der Waals surface area contributed by atoms with Gasteiger partial charge in [0.05, 0.1) is 17.9 Å². The minimum Gasteiger partial charge on any atom is -0.452 e. The van der Waals surface area contributed by atoms with E-state index in [-0.39, 0.29) is 18.3 Å². The van der Waals surface area contributed by atoms with Gasteiger partial charge in [0, 0.05) is 13.6 Å². The number of hydrogen-bond acceptors (Lipinski definition) is 4. The largest absolute Gasteiger partial charge is 0.452 e. The van der Waals surface area contributed by atoms with Crippen molar-refractivity contribution in [2.24, 2.45) is 0 Å². The second kappa shape index (κ2) is 9.35. The van der Waals surface area contributed by atoms with Crippen molar-refractivity contribution in [3.05, 3.63) is 88.5 Å². The van der Waals surface area contributed by atoms with E-state index in [2.05, 4.69) is 5.10 Å². The molecule has 0 spiro atoms. The summed E-state index contributed by atoms with van der Waals surface area (Å²) in [6, 6.07) is 15.8. The predicted octanol–water partition coefficient (Wildman–Crippen LogP) is 3.50. The van der Waals surface area contributed by atoms with Gasteiger partial charge in [-0.05, 0) is 37.1 Å². The molecule has 3 rings (SSSR count). The Morgan fingerprint density at radius 1 is 1.07 bits per heavy atom. The first-order valence-corrected chi connectivity index (χ1v) is 9.58. The summed E-state index contributed by atoms with van der Waals surface area (Å²) in [6.07, 6.45) is 0. The van der Waals surface area contributed by atoms with Crippen molar-refractivity contribution in [3.8, 4) is 0 Å². The number of aryl methyl sites for hydroxylation is 1. The summed E-state index contributed by atoms with van der Waals surface area (Å²) in [6.45, 7) is 3.91. The fraction of sp³-hybridized carbons (Fsp3) is 0.261. The second-order valence-electron chi connectivity index (χ2n) is 7.14. The lowest BCUT2D eigenvalue weighted by atomic mass is 10.2. The molecule has 30 heavy (non-hydrogen) atoms. The molecule has 0 unspecified atom stereocenters. The zero-order valence-electron chi connectivity index (χ0n) is 17.3. The zero-order valence-corrected chi connectivity index (χ0v) is 17.3. The molecule has 0 aliphatic heterocycles. The maximum absolute atomic E-state index is 13.3. The molecule has 0 radical (unpaired) electrons. The number of nitrogens with zero attached hydrogens (tertiary/aromatic N) is 3. The highest BCUT2D eigenvalue weighted by Gasteiger charge is 2.22. The molecule has 0 atom stereocenters. The molecule has 0 aliphatic carbocycles. The van der Waals surface area contributed by atoms with Crippen LogP contribution in [-0.2, 0) is 22.6 Å². The number of ether oxygens (including phenoxy) is 1. The highest BCUT2D eigenvalue weighted by Crippen LogP contribution is 2.16. The zero-order chi connectivity index (χ0) is 21.7. The minimum atomic E-state index is -0.586. The third-order valence-corrected chi connectivity index (χ3v) is 4.82. The van der Waals surface area contributed by atoms with Crippen LogP contribution < -0.4 is 0 Å². The van der Waals surface area contributed by atoms with E-state index in [1.807, 2.05) is 30.3 Å². The van der Waals surface area contributed by atoms with Crippen LogP contribution in [0.25, 0.3) is 0 Å². The predicted molar refractivity (Wildman–Crippen MR) is 110 cm³/mol. The quantitative estimate of drug-likeness (QED) is 0.561. The number of rotatable bonds is 7. The topological polar surface area (TPSA) is 64.4 Å². The summed E-state index contributed by atoms with van der Waals surface area (Å²) in [4.78, 5) is 26.3. The van der Waals surface area contributed by atoms with Crippen LogP contribution in [0.5, 0.6) is 0 Å². The van der Waals surface area contributed by atoms with Crippen molar-refractivity contribution in [2.75, 3.05) is 13.7 Å². The van der Waals surface area contributed by atoms with Crippen molar-refractivity contribution < 1.29 is 18.7 Å². The van der Waals surface area contributed by atoms with Gasteiger partial charge in [-0.2, -0.15) is 5.10 Å². The van der Waals surface area contributed by atoms with Crippen LogP contribution >= 0.6 is 0 Å². The average Bonchev–Trinajstić information content (AvgIpc) is 2.99. The summed E-state index contributed by atoms with van der Waals surface area (Å²) in [5.74, 6) is -1.32. The molecule has 0 saturated carbocycles. The molecule has 1 amide bonds. The second-order valence-corrected chi connectivity index (χ2v) is 7.14. The molecule has 7 heteroatoms. The highest BCUT2D eigenvalue weighted by molar-refractivity contribution is 5.93. The van der Waals surface area contributed by atoms with Gasteiger partial charge in [0.25, 0.3) is 5.91 Å². The number of amides is 1. The van der Waals surface area contributed by atoms with Crippen LogP contribution in [0.15, 0.2) is 54.6 Å². The number of likely N-dealkylation sites (N-methyl/N-ethyl adjacent to an activating group) is 1. The maximum Gasteiger partial charge on any atom is 0.342 e. The standard InChI is InChI=1S/C23H24FN3O3/c1-16-22(17(2)27(25-16)14-18-8-5-4-6-9-18)23(29)30-15-21(28)26(3)13-19-10-7-11-20(24)12-19/h4-12H,13-15H2,1-3H3. The molecule has 1 heterocycles. The molecule has 3 aromatic rings. The minimum absolute atomic E-state index is 0.223.